The smallest absolute Gasteiger partial charge is 0.416 e. The van der Waals surface area contributed by atoms with Crippen LogP contribution in [0.3, 0.4) is 0 Å². The highest BCUT2D eigenvalue weighted by Crippen LogP contribution is 2.35. The minimum absolute atomic E-state index is 0.0548. The molecule has 0 fully saturated rings. The predicted molar refractivity (Wildman–Crippen MR) is 96.5 cm³/mol. The van der Waals surface area contributed by atoms with E-state index in [1.807, 2.05) is 0 Å². The van der Waals surface area contributed by atoms with E-state index in [9.17, 15) is 28.1 Å². The summed E-state index contributed by atoms with van der Waals surface area (Å²) in [6, 6.07) is 6.69. The second-order valence-electron chi connectivity index (χ2n) is 6.09. The highest BCUT2D eigenvalue weighted by molar-refractivity contribution is 6.33. The summed E-state index contributed by atoms with van der Waals surface area (Å²) < 4.78 is 45.3. The van der Waals surface area contributed by atoms with E-state index in [4.69, 9.17) is 16.3 Å². The van der Waals surface area contributed by atoms with Gasteiger partial charge in [0.1, 0.15) is 5.75 Å². The van der Waals surface area contributed by atoms with Gasteiger partial charge in [0.05, 0.1) is 27.2 Å². The molecule has 0 spiro atoms. The fourth-order valence-electron chi connectivity index (χ4n) is 2.39. The van der Waals surface area contributed by atoms with Gasteiger partial charge in [-0.25, -0.2) is 0 Å². The standard InChI is InChI=1S/C18H16ClF3N2O4/c1-10(2)28-13-5-3-11(15(8-13)18(20,21)22)9-23-17(25)14-7-12(24(26)27)4-6-16(14)19/h3-8,10H,9H2,1-2H3,(H,23,25). The highest BCUT2D eigenvalue weighted by atomic mass is 35.5. The molecule has 0 aromatic heterocycles. The van der Waals surface area contributed by atoms with Crippen molar-refractivity contribution in [1.82, 2.24) is 5.32 Å². The number of amides is 1. The lowest BCUT2D eigenvalue weighted by Crippen LogP contribution is -2.25. The van der Waals surface area contributed by atoms with Gasteiger partial charge < -0.3 is 10.1 Å². The molecule has 0 aliphatic rings. The number of nitro groups is 1. The summed E-state index contributed by atoms with van der Waals surface area (Å²) in [7, 11) is 0. The molecule has 0 unspecified atom stereocenters. The lowest BCUT2D eigenvalue weighted by molar-refractivity contribution is -0.384. The molecule has 2 aromatic carbocycles. The van der Waals surface area contributed by atoms with Gasteiger partial charge in [0.2, 0.25) is 0 Å². The molecule has 10 heteroatoms. The summed E-state index contributed by atoms with van der Waals surface area (Å²) in [5.41, 5.74) is -1.69. The number of nitrogens with one attached hydrogen (secondary N) is 1. The first kappa shape index (κ1) is 21.5. The van der Waals surface area contributed by atoms with E-state index in [0.29, 0.717) is 0 Å². The number of hydrogen-bond acceptors (Lipinski definition) is 4. The zero-order valence-corrected chi connectivity index (χ0v) is 15.6. The van der Waals surface area contributed by atoms with E-state index in [2.05, 4.69) is 5.32 Å². The lowest BCUT2D eigenvalue weighted by Gasteiger charge is -2.17. The Morgan fingerprint density at radius 2 is 1.93 bits per heavy atom. The Morgan fingerprint density at radius 1 is 1.25 bits per heavy atom. The van der Waals surface area contributed by atoms with Gasteiger partial charge in [0.15, 0.2) is 0 Å². The number of non-ortho nitro benzene ring substituents is 1. The average molecular weight is 417 g/mol. The van der Waals surface area contributed by atoms with Crippen molar-refractivity contribution in [2.24, 2.45) is 0 Å². The van der Waals surface area contributed by atoms with E-state index in [1.54, 1.807) is 13.8 Å². The molecule has 0 aliphatic heterocycles. The van der Waals surface area contributed by atoms with Gasteiger partial charge in [-0.3, -0.25) is 14.9 Å². The maximum Gasteiger partial charge on any atom is 0.416 e. The summed E-state index contributed by atoms with van der Waals surface area (Å²) in [4.78, 5) is 22.4. The van der Waals surface area contributed by atoms with E-state index < -0.39 is 29.1 Å². The van der Waals surface area contributed by atoms with Crippen molar-refractivity contribution in [1.29, 1.82) is 0 Å². The minimum atomic E-state index is -4.65. The van der Waals surface area contributed by atoms with Crippen molar-refractivity contribution < 1.29 is 27.6 Å². The number of alkyl halides is 3. The Bertz CT molecular complexity index is 901. The van der Waals surface area contributed by atoms with Crippen molar-refractivity contribution in [3.05, 3.63) is 68.2 Å². The molecule has 1 N–H and O–H groups in total. The molecule has 0 bridgehead atoms. The normalized spacial score (nSPS) is 11.4. The van der Waals surface area contributed by atoms with E-state index in [-0.39, 0.29) is 33.7 Å². The fourth-order valence-corrected chi connectivity index (χ4v) is 2.59. The Balaban J connectivity index is 2.25. The topological polar surface area (TPSA) is 81.5 Å². The summed E-state index contributed by atoms with van der Waals surface area (Å²) in [5.74, 6) is -0.775. The molecule has 0 saturated heterocycles. The quantitative estimate of drug-likeness (QED) is 0.531. The molecular weight excluding hydrogens is 401 g/mol. The third-order valence-electron chi connectivity index (χ3n) is 3.60. The lowest BCUT2D eigenvalue weighted by atomic mass is 10.1. The molecule has 2 rings (SSSR count). The number of nitro benzene ring substituents is 1. The third-order valence-corrected chi connectivity index (χ3v) is 3.93. The molecule has 6 nitrogen and oxygen atoms in total. The Labute approximate surface area is 163 Å². The molecule has 1 amide bonds. The van der Waals surface area contributed by atoms with Crippen LogP contribution in [0.15, 0.2) is 36.4 Å². The van der Waals surface area contributed by atoms with E-state index in [0.717, 1.165) is 18.2 Å². The zero-order valence-electron chi connectivity index (χ0n) is 14.8. The summed E-state index contributed by atoms with van der Waals surface area (Å²) in [6.07, 6.45) is -4.96. The van der Waals surface area contributed by atoms with Crippen LogP contribution in [0.5, 0.6) is 5.75 Å². The SMILES string of the molecule is CC(C)Oc1ccc(CNC(=O)c2cc([N+](=O)[O-])ccc2Cl)c(C(F)(F)F)c1. The van der Waals surface area contributed by atoms with E-state index >= 15 is 0 Å². The Hall–Kier alpha value is -2.81. The Morgan fingerprint density at radius 3 is 2.50 bits per heavy atom. The number of benzene rings is 2. The maximum absolute atomic E-state index is 13.4. The molecule has 0 saturated carbocycles. The molecule has 0 heterocycles. The van der Waals surface area contributed by atoms with E-state index in [1.165, 1.54) is 18.2 Å². The second-order valence-corrected chi connectivity index (χ2v) is 6.49. The van der Waals surface area contributed by atoms with Crippen LogP contribution in [-0.4, -0.2) is 16.9 Å². The summed E-state index contributed by atoms with van der Waals surface area (Å²) in [5, 5.41) is 13.1. The number of halogens is 4. The fraction of sp³-hybridized carbons (Fsp3) is 0.278. The van der Waals surface area contributed by atoms with Crippen molar-refractivity contribution in [2.45, 2.75) is 32.7 Å². The molecule has 0 atom stereocenters. The van der Waals surface area contributed by atoms with Crippen LogP contribution in [-0.2, 0) is 12.7 Å². The van der Waals surface area contributed by atoms with Gasteiger partial charge in [-0.2, -0.15) is 13.2 Å². The third kappa shape index (κ3) is 5.35. The van der Waals surface area contributed by atoms with Crippen LogP contribution in [0, 0.1) is 10.1 Å². The predicted octanol–water partition coefficient (Wildman–Crippen LogP) is 4.98. The van der Waals surface area contributed by atoms with Crippen LogP contribution in [0.2, 0.25) is 5.02 Å². The highest BCUT2D eigenvalue weighted by Gasteiger charge is 2.34. The van der Waals surface area contributed by atoms with Gasteiger partial charge in [0, 0.05) is 18.7 Å². The van der Waals surface area contributed by atoms with Crippen molar-refractivity contribution in [3.63, 3.8) is 0 Å². The molecule has 2 aromatic rings. The number of carbonyl (C=O) groups excluding carboxylic acids is 1. The van der Waals surface area contributed by atoms with Crippen molar-refractivity contribution in [2.75, 3.05) is 0 Å². The maximum atomic E-state index is 13.4. The minimum Gasteiger partial charge on any atom is -0.491 e. The number of rotatable bonds is 6. The van der Waals surface area contributed by atoms with Crippen molar-refractivity contribution >= 4 is 23.2 Å². The van der Waals surface area contributed by atoms with Gasteiger partial charge >= 0.3 is 6.18 Å². The second kappa shape index (κ2) is 8.47. The van der Waals surface area contributed by atoms with Crippen LogP contribution in [0.1, 0.15) is 35.3 Å². The van der Waals surface area contributed by atoms with Crippen LogP contribution in [0.4, 0.5) is 18.9 Å². The van der Waals surface area contributed by atoms with Crippen LogP contribution < -0.4 is 10.1 Å². The average Bonchev–Trinajstić information content (AvgIpc) is 2.59. The Kier molecular flexibility index (Phi) is 6.50. The van der Waals surface area contributed by atoms with Crippen molar-refractivity contribution in [3.8, 4) is 5.75 Å². The first-order valence-corrected chi connectivity index (χ1v) is 8.45. The number of carbonyl (C=O) groups is 1. The molecule has 0 radical (unpaired) electrons. The molecule has 28 heavy (non-hydrogen) atoms. The van der Waals surface area contributed by atoms with Gasteiger partial charge in [-0.1, -0.05) is 17.7 Å². The van der Waals surface area contributed by atoms with Gasteiger partial charge in [-0.15, -0.1) is 0 Å². The first-order valence-electron chi connectivity index (χ1n) is 8.08. The molecular formula is C18H16ClF3N2O4. The summed E-state index contributed by atoms with van der Waals surface area (Å²) in [6.45, 7) is 2.92. The van der Waals surface area contributed by atoms with Crippen LogP contribution >= 0.6 is 11.6 Å². The largest absolute Gasteiger partial charge is 0.491 e. The number of nitrogens with zero attached hydrogens (tertiary/aromatic N) is 1. The molecule has 150 valence electrons. The van der Waals surface area contributed by atoms with Crippen LogP contribution in [0.25, 0.3) is 0 Å². The number of hydrogen-bond donors (Lipinski definition) is 1. The first-order chi connectivity index (χ1) is 13.0. The summed E-state index contributed by atoms with van der Waals surface area (Å²) >= 11 is 5.87. The molecule has 0 aliphatic carbocycles. The number of ether oxygens (including phenoxy) is 1. The van der Waals surface area contributed by atoms with Gasteiger partial charge in [0.25, 0.3) is 11.6 Å². The van der Waals surface area contributed by atoms with Gasteiger partial charge in [-0.05, 0) is 37.6 Å². The monoisotopic (exact) mass is 416 g/mol. The zero-order chi connectivity index (χ0) is 21.1.